The van der Waals surface area contributed by atoms with Crippen LogP contribution in [0.15, 0.2) is 41.4 Å². The van der Waals surface area contributed by atoms with Gasteiger partial charge in [-0.1, -0.05) is 18.2 Å². The van der Waals surface area contributed by atoms with Crippen LogP contribution in [0.2, 0.25) is 0 Å². The Balaban J connectivity index is 1.58. The molecule has 1 aromatic carbocycles. The van der Waals surface area contributed by atoms with Gasteiger partial charge in [0.15, 0.2) is 0 Å². The van der Waals surface area contributed by atoms with Crippen molar-refractivity contribution in [3.63, 3.8) is 0 Å². The molecule has 0 amide bonds. The number of hydrogen-bond acceptors (Lipinski definition) is 5. The maximum absolute atomic E-state index is 13.5. The van der Waals surface area contributed by atoms with Crippen molar-refractivity contribution in [3.8, 4) is 0 Å². The normalized spacial score (nSPS) is 22.5. The van der Waals surface area contributed by atoms with Crippen LogP contribution < -0.4 is 4.90 Å². The molecule has 0 bridgehead atoms. The smallest absolute Gasteiger partial charge is 0.243 e. The van der Waals surface area contributed by atoms with Gasteiger partial charge in [0.05, 0.1) is 4.90 Å². The highest BCUT2D eigenvalue weighted by atomic mass is 32.2. The molecule has 0 radical (unpaired) electrons. The van der Waals surface area contributed by atoms with Crippen LogP contribution in [0.25, 0.3) is 0 Å². The summed E-state index contributed by atoms with van der Waals surface area (Å²) in [7, 11) is -3.62. The molecule has 0 spiro atoms. The third-order valence-corrected chi connectivity index (χ3v) is 8.19. The van der Waals surface area contributed by atoms with Crippen molar-refractivity contribution in [2.45, 2.75) is 44.6 Å². The number of sulfonamides is 1. The molecule has 7 heteroatoms. The van der Waals surface area contributed by atoms with E-state index in [1.807, 2.05) is 38.2 Å². The molecule has 2 heterocycles. The molecule has 2 aliphatic rings. The fraction of sp³-hybridized carbons (Fsp3) is 0.455. The summed E-state index contributed by atoms with van der Waals surface area (Å²) in [6, 6.07) is 9.27. The number of carbonyl (C=O) groups excluding carboxylic acids is 1. The van der Waals surface area contributed by atoms with Crippen molar-refractivity contribution < 1.29 is 13.2 Å². The van der Waals surface area contributed by atoms with E-state index in [1.54, 1.807) is 23.4 Å². The lowest BCUT2D eigenvalue weighted by Crippen LogP contribution is -2.54. The average molecular weight is 414 g/mol. The standard InChI is InChI=1S/C22H27N3O3S/c1-15-7-8-22(23-13-15)24-9-10-25(16(2)14-24)29(27,28)21-6-4-5-18-11-19(17(3)26)12-20(18)21/h4-8,13,16,19H,9-12,14H2,1-3H3/t16-,19?/m0/s1. The van der Waals surface area contributed by atoms with Gasteiger partial charge in [-0.2, -0.15) is 4.31 Å². The Hall–Kier alpha value is -2.25. The maximum atomic E-state index is 13.5. The summed E-state index contributed by atoms with van der Waals surface area (Å²) in [6.07, 6.45) is 2.99. The molecular weight excluding hydrogens is 386 g/mol. The summed E-state index contributed by atoms with van der Waals surface area (Å²) in [5.74, 6) is 0.893. The van der Waals surface area contributed by atoms with Crippen LogP contribution >= 0.6 is 0 Å². The van der Waals surface area contributed by atoms with Crippen LogP contribution in [-0.2, 0) is 27.7 Å². The van der Waals surface area contributed by atoms with Gasteiger partial charge in [-0.25, -0.2) is 13.4 Å². The minimum Gasteiger partial charge on any atom is -0.354 e. The Kier molecular flexibility index (Phi) is 5.21. The predicted molar refractivity (Wildman–Crippen MR) is 113 cm³/mol. The fourth-order valence-corrected chi connectivity index (χ4v) is 6.32. The Morgan fingerprint density at radius 3 is 2.59 bits per heavy atom. The number of fused-ring (bicyclic) bond motifs is 1. The summed E-state index contributed by atoms with van der Waals surface area (Å²) in [5, 5.41) is 0. The Morgan fingerprint density at radius 2 is 1.93 bits per heavy atom. The number of hydrogen-bond donors (Lipinski definition) is 0. The van der Waals surface area contributed by atoms with E-state index >= 15 is 0 Å². The van der Waals surface area contributed by atoms with Crippen LogP contribution in [0, 0.1) is 12.8 Å². The number of benzene rings is 1. The lowest BCUT2D eigenvalue weighted by Gasteiger charge is -2.39. The van der Waals surface area contributed by atoms with E-state index in [0.717, 1.165) is 22.5 Å². The number of aryl methyl sites for hydroxylation is 1. The van der Waals surface area contributed by atoms with Gasteiger partial charge < -0.3 is 4.90 Å². The first-order valence-electron chi connectivity index (χ1n) is 10.1. The van der Waals surface area contributed by atoms with Crippen molar-refractivity contribution in [1.29, 1.82) is 0 Å². The van der Waals surface area contributed by atoms with Crippen LogP contribution in [0.4, 0.5) is 5.82 Å². The average Bonchev–Trinajstić information content (AvgIpc) is 3.13. The molecule has 4 rings (SSSR count). The molecule has 1 saturated heterocycles. The SMILES string of the molecule is CC(=O)C1Cc2cccc(S(=O)(=O)N3CCN(c4ccc(C)cn4)C[C@@H]3C)c2C1. The van der Waals surface area contributed by atoms with E-state index in [0.29, 0.717) is 37.4 Å². The zero-order chi connectivity index (χ0) is 20.8. The van der Waals surface area contributed by atoms with E-state index in [1.165, 1.54) is 0 Å². The van der Waals surface area contributed by atoms with E-state index in [2.05, 4.69) is 9.88 Å². The molecule has 2 aromatic rings. The Morgan fingerprint density at radius 1 is 1.14 bits per heavy atom. The number of ketones is 1. The summed E-state index contributed by atoms with van der Waals surface area (Å²) < 4.78 is 28.7. The predicted octanol–water partition coefficient (Wildman–Crippen LogP) is 2.59. The zero-order valence-electron chi connectivity index (χ0n) is 17.1. The fourth-order valence-electron chi connectivity index (χ4n) is 4.43. The maximum Gasteiger partial charge on any atom is 0.243 e. The summed E-state index contributed by atoms with van der Waals surface area (Å²) >= 11 is 0. The van der Waals surface area contributed by atoms with Crippen molar-refractivity contribution in [2.24, 2.45) is 5.92 Å². The first kappa shape index (κ1) is 20.0. The third kappa shape index (κ3) is 3.69. The summed E-state index contributed by atoms with van der Waals surface area (Å²) in [4.78, 5) is 18.8. The highest BCUT2D eigenvalue weighted by Crippen LogP contribution is 2.34. The molecule has 154 valence electrons. The lowest BCUT2D eigenvalue weighted by atomic mass is 10.0. The first-order valence-corrected chi connectivity index (χ1v) is 11.5. The van der Waals surface area contributed by atoms with Gasteiger partial charge in [-0.15, -0.1) is 0 Å². The molecule has 29 heavy (non-hydrogen) atoms. The summed E-state index contributed by atoms with van der Waals surface area (Å²) in [5.41, 5.74) is 2.91. The van der Waals surface area contributed by atoms with E-state index in [-0.39, 0.29) is 17.7 Å². The molecule has 0 saturated carbocycles. The molecule has 1 fully saturated rings. The Labute approximate surface area is 172 Å². The highest BCUT2D eigenvalue weighted by molar-refractivity contribution is 7.89. The number of pyridine rings is 1. The number of carbonyl (C=O) groups is 1. The minimum atomic E-state index is -3.62. The van der Waals surface area contributed by atoms with Crippen molar-refractivity contribution in [2.75, 3.05) is 24.5 Å². The number of piperazine rings is 1. The minimum absolute atomic E-state index is 0.108. The lowest BCUT2D eigenvalue weighted by molar-refractivity contribution is -0.120. The molecule has 0 N–H and O–H groups in total. The van der Waals surface area contributed by atoms with Crippen LogP contribution in [-0.4, -0.2) is 49.2 Å². The molecule has 1 aliphatic heterocycles. The quantitative estimate of drug-likeness (QED) is 0.771. The number of nitrogens with zero attached hydrogens (tertiary/aromatic N) is 3. The second-order valence-electron chi connectivity index (χ2n) is 8.21. The van der Waals surface area contributed by atoms with E-state index < -0.39 is 10.0 Å². The van der Waals surface area contributed by atoms with Crippen LogP contribution in [0.3, 0.4) is 0 Å². The number of rotatable bonds is 4. The second-order valence-corrected chi connectivity index (χ2v) is 10.1. The van der Waals surface area contributed by atoms with Crippen molar-refractivity contribution in [1.82, 2.24) is 9.29 Å². The molecule has 6 nitrogen and oxygen atoms in total. The third-order valence-electron chi connectivity index (χ3n) is 6.09. The molecule has 1 aliphatic carbocycles. The van der Waals surface area contributed by atoms with Gasteiger partial charge in [0.1, 0.15) is 11.6 Å². The van der Waals surface area contributed by atoms with E-state index in [4.69, 9.17) is 0 Å². The van der Waals surface area contributed by atoms with Crippen molar-refractivity contribution in [3.05, 3.63) is 53.2 Å². The van der Waals surface area contributed by atoms with Crippen molar-refractivity contribution >= 4 is 21.6 Å². The van der Waals surface area contributed by atoms with Gasteiger partial charge in [0.2, 0.25) is 10.0 Å². The molecule has 2 atom stereocenters. The van der Waals surface area contributed by atoms with Crippen LogP contribution in [0.5, 0.6) is 0 Å². The topological polar surface area (TPSA) is 70.6 Å². The van der Waals surface area contributed by atoms with Gasteiger partial charge in [0.25, 0.3) is 0 Å². The van der Waals surface area contributed by atoms with Gasteiger partial charge in [-0.3, -0.25) is 4.79 Å². The monoisotopic (exact) mass is 413 g/mol. The second kappa shape index (κ2) is 7.54. The van der Waals surface area contributed by atoms with Gasteiger partial charge in [-0.05, 0) is 62.4 Å². The largest absolute Gasteiger partial charge is 0.354 e. The van der Waals surface area contributed by atoms with Gasteiger partial charge in [0, 0.05) is 37.8 Å². The number of Topliss-reactive ketones (excluding diaryl/α,β-unsaturated/α-hetero) is 1. The summed E-state index contributed by atoms with van der Waals surface area (Å²) in [6.45, 7) is 7.15. The first-order chi connectivity index (χ1) is 13.8. The van der Waals surface area contributed by atoms with Crippen LogP contribution in [0.1, 0.15) is 30.5 Å². The molecule has 1 unspecified atom stereocenters. The Bertz CT molecular complexity index is 1030. The number of anilines is 1. The zero-order valence-corrected chi connectivity index (χ0v) is 17.9. The van der Waals surface area contributed by atoms with Gasteiger partial charge >= 0.3 is 0 Å². The highest BCUT2D eigenvalue weighted by Gasteiger charge is 2.37. The number of aromatic nitrogens is 1. The van der Waals surface area contributed by atoms with E-state index in [9.17, 15) is 13.2 Å². The molecular formula is C22H27N3O3S. The molecule has 1 aromatic heterocycles.